The Morgan fingerprint density at radius 1 is 1.38 bits per heavy atom. The van der Waals surface area contributed by atoms with Crippen LogP contribution in [-0.4, -0.2) is 11.7 Å². The zero-order chi connectivity index (χ0) is 12.5. The Labute approximate surface area is 105 Å². The lowest BCUT2D eigenvalue weighted by atomic mass is 9.83. The fourth-order valence-corrected chi connectivity index (χ4v) is 1.99. The zero-order valence-corrected chi connectivity index (χ0v) is 11.7. The molecule has 0 spiro atoms. The first-order chi connectivity index (χ1) is 7.29. The van der Waals surface area contributed by atoms with Crippen molar-refractivity contribution in [3.63, 3.8) is 0 Å². The van der Waals surface area contributed by atoms with E-state index in [0.717, 1.165) is 5.56 Å². The SMILES string of the molecule is CC(C)c1cc(C(C)(C)CO)cc(Br)c1F. The van der Waals surface area contributed by atoms with Gasteiger partial charge in [0.2, 0.25) is 0 Å². The van der Waals surface area contributed by atoms with Crippen LogP contribution >= 0.6 is 15.9 Å². The van der Waals surface area contributed by atoms with Crippen LogP contribution in [0.25, 0.3) is 0 Å². The standard InChI is InChI=1S/C13H18BrFO/c1-8(2)10-5-9(13(3,4)7-16)6-11(14)12(10)15/h5-6,8,16H,7H2,1-4H3. The maximum atomic E-state index is 13.8. The predicted octanol–water partition coefficient (Wildman–Crippen LogP) is 3.98. The smallest absolute Gasteiger partial charge is 0.140 e. The van der Waals surface area contributed by atoms with E-state index in [0.29, 0.717) is 10.0 Å². The van der Waals surface area contributed by atoms with Gasteiger partial charge in [0.1, 0.15) is 5.82 Å². The van der Waals surface area contributed by atoms with Crippen LogP contribution in [0.15, 0.2) is 16.6 Å². The molecule has 0 aliphatic heterocycles. The van der Waals surface area contributed by atoms with Gasteiger partial charge in [0.05, 0.1) is 11.1 Å². The van der Waals surface area contributed by atoms with E-state index in [4.69, 9.17) is 0 Å². The molecule has 16 heavy (non-hydrogen) atoms. The molecule has 1 aromatic rings. The fourth-order valence-electron chi connectivity index (χ4n) is 1.51. The number of aliphatic hydroxyl groups is 1. The molecule has 0 atom stereocenters. The number of aliphatic hydroxyl groups excluding tert-OH is 1. The molecule has 1 rings (SSSR count). The highest BCUT2D eigenvalue weighted by Gasteiger charge is 2.23. The molecule has 0 radical (unpaired) electrons. The van der Waals surface area contributed by atoms with Crippen LogP contribution in [0.2, 0.25) is 0 Å². The lowest BCUT2D eigenvalue weighted by molar-refractivity contribution is 0.218. The molecule has 0 heterocycles. The van der Waals surface area contributed by atoms with Crippen LogP contribution in [-0.2, 0) is 5.41 Å². The third kappa shape index (κ3) is 2.64. The second-order valence-electron chi connectivity index (χ2n) is 5.06. The summed E-state index contributed by atoms with van der Waals surface area (Å²) in [4.78, 5) is 0. The van der Waals surface area contributed by atoms with Gasteiger partial charge in [-0.2, -0.15) is 0 Å². The fraction of sp³-hybridized carbons (Fsp3) is 0.538. The third-order valence-corrected chi connectivity index (χ3v) is 3.43. The van der Waals surface area contributed by atoms with Gasteiger partial charge in [-0.25, -0.2) is 4.39 Å². The van der Waals surface area contributed by atoms with E-state index in [-0.39, 0.29) is 23.8 Å². The molecule has 0 unspecified atom stereocenters. The lowest BCUT2D eigenvalue weighted by Gasteiger charge is -2.24. The van der Waals surface area contributed by atoms with Gasteiger partial charge in [-0.15, -0.1) is 0 Å². The van der Waals surface area contributed by atoms with Crippen molar-refractivity contribution in [2.45, 2.75) is 39.0 Å². The second-order valence-corrected chi connectivity index (χ2v) is 5.91. The molecule has 0 amide bonds. The van der Waals surface area contributed by atoms with Gasteiger partial charge in [0.15, 0.2) is 0 Å². The van der Waals surface area contributed by atoms with Crippen LogP contribution in [0.4, 0.5) is 4.39 Å². The van der Waals surface area contributed by atoms with Crippen molar-refractivity contribution in [1.29, 1.82) is 0 Å². The normalized spacial score (nSPS) is 12.2. The summed E-state index contributed by atoms with van der Waals surface area (Å²) in [6.45, 7) is 7.84. The summed E-state index contributed by atoms with van der Waals surface area (Å²) in [7, 11) is 0. The molecule has 1 nitrogen and oxygen atoms in total. The van der Waals surface area contributed by atoms with Crippen molar-refractivity contribution in [3.8, 4) is 0 Å². The highest BCUT2D eigenvalue weighted by Crippen LogP contribution is 2.32. The number of benzene rings is 1. The molecule has 1 N–H and O–H groups in total. The highest BCUT2D eigenvalue weighted by atomic mass is 79.9. The number of halogens is 2. The highest BCUT2D eigenvalue weighted by molar-refractivity contribution is 9.10. The summed E-state index contributed by atoms with van der Waals surface area (Å²) in [5, 5.41) is 9.33. The Bertz CT molecular complexity index is 386. The Balaban J connectivity index is 3.35. The molecule has 0 bridgehead atoms. The average Bonchev–Trinajstić information content (AvgIpc) is 2.21. The van der Waals surface area contributed by atoms with Crippen LogP contribution in [0.5, 0.6) is 0 Å². The maximum absolute atomic E-state index is 13.8. The molecular weight excluding hydrogens is 271 g/mol. The van der Waals surface area contributed by atoms with Gasteiger partial charge < -0.3 is 5.11 Å². The summed E-state index contributed by atoms with van der Waals surface area (Å²) in [5.74, 6) is -0.0711. The molecule has 0 aliphatic rings. The molecule has 90 valence electrons. The minimum atomic E-state index is -0.347. The zero-order valence-electron chi connectivity index (χ0n) is 10.1. The number of hydrogen-bond acceptors (Lipinski definition) is 1. The summed E-state index contributed by atoms with van der Waals surface area (Å²) in [6, 6.07) is 3.60. The van der Waals surface area contributed by atoms with E-state index in [1.165, 1.54) is 0 Å². The molecule has 0 aromatic heterocycles. The molecule has 0 saturated heterocycles. The van der Waals surface area contributed by atoms with Crippen LogP contribution in [0, 0.1) is 5.82 Å². The lowest BCUT2D eigenvalue weighted by Crippen LogP contribution is -2.22. The molecule has 0 fully saturated rings. The summed E-state index contributed by atoms with van der Waals surface area (Å²) in [6.07, 6.45) is 0. The summed E-state index contributed by atoms with van der Waals surface area (Å²) in [5.41, 5.74) is 1.29. The van der Waals surface area contributed by atoms with E-state index < -0.39 is 0 Å². The third-order valence-electron chi connectivity index (χ3n) is 2.86. The van der Waals surface area contributed by atoms with E-state index in [1.807, 2.05) is 33.8 Å². The monoisotopic (exact) mass is 288 g/mol. The van der Waals surface area contributed by atoms with Gasteiger partial charge >= 0.3 is 0 Å². The molecule has 0 saturated carbocycles. The molecular formula is C13H18BrFO. The molecule has 1 aromatic carbocycles. The Hall–Kier alpha value is -0.410. The first kappa shape index (κ1) is 13.7. The van der Waals surface area contributed by atoms with Gasteiger partial charge in [0.25, 0.3) is 0 Å². The van der Waals surface area contributed by atoms with Crippen molar-refractivity contribution in [1.82, 2.24) is 0 Å². The molecule has 0 aliphatic carbocycles. The predicted molar refractivity (Wildman–Crippen MR) is 68.3 cm³/mol. The number of rotatable bonds is 3. The van der Waals surface area contributed by atoms with E-state index >= 15 is 0 Å². The maximum Gasteiger partial charge on any atom is 0.140 e. The van der Waals surface area contributed by atoms with E-state index in [1.54, 1.807) is 6.07 Å². The minimum absolute atomic E-state index is 0.0443. The quantitative estimate of drug-likeness (QED) is 0.892. The van der Waals surface area contributed by atoms with Crippen LogP contribution in [0.1, 0.15) is 44.7 Å². The average molecular weight is 289 g/mol. The summed E-state index contributed by atoms with van der Waals surface area (Å²) >= 11 is 3.23. The first-order valence-electron chi connectivity index (χ1n) is 5.40. The first-order valence-corrected chi connectivity index (χ1v) is 6.19. The van der Waals surface area contributed by atoms with E-state index in [2.05, 4.69) is 15.9 Å². The Kier molecular flexibility index (Phi) is 4.13. The van der Waals surface area contributed by atoms with Crippen molar-refractivity contribution in [2.24, 2.45) is 0 Å². The second kappa shape index (κ2) is 4.84. The molecule has 3 heteroatoms. The van der Waals surface area contributed by atoms with Crippen molar-refractivity contribution < 1.29 is 9.50 Å². The van der Waals surface area contributed by atoms with Gasteiger partial charge in [0, 0.05) is 5.41 Å². The van der Waals surface area contributed by atoms with Crippen molar-refractivity contribution >= 4 is 15.9 Å². The van der Waals surface area contributed by atoms with Crippen LogP contribution in [0.3, 0.4) is 0 Å². The van der Waals surface area contributed by atoms with Crippen LogP contribution < -0.4 is 0 Å². The Morgan fingerprint density at radius 3 is 2.38 bits per heavy atom. The minimum Gasteiger partial charge on any atom is -0.395 e. The topological polar surface area (TPSA) is 20.2 Å². The van der Waals surface area contributed by atoms with Gasteiger partial charge in [-0.1, -0.05) is 33.8 Å². The van der Waals surface area contributed by atoms with E-state index in [9.17, 15) is 9.50 Å². The van der Waals surface area contributed by atoms with Gasteiger partial charge in [-0.05, 0) is 39.0 Å². The Morgan fingerprint density at radius 2 is 1.94 bits per heavy atom. The largest absolute Gasteiger partial charge is 0.395 e. The number of hydrogen-bond donors (Lipinski definition) is 1. The summed E-state index contributed by atoms with van der Waals surface area (Å²) < 4.78 is 14.3. The van der Waals surface area contributed by atoms with Crippen molar-refractivity contribution in [2.75, 3.05) is 6.61 Å². The van der Waals surface area contributed by atoms with Gasteiger partial charge in [-0.3, -0.25) is 0 Å². The van der Waals surface area contributed by atoms with Crippen molar-refractivity contribution in [3.05, 3.63) is 33.5 Å².